The number of nitrogen functional groups attached to an aromatic ring is 1. The molecule has 0 bridgehead atoms. The fourth-order valence-corrected chi connectivity index (χ4v) is 2.07. The Morgan fingerprint density at radius 1 is 1.28 bits per heavy atom. The largest absolute Gasteiger partial charge is 0.369 e. The summed E-state index contributed by atoms with van der Waals surface area (Å²) in [6.07, 6.45) is 8.08. The zero-order valence-electron chi connectivity index (χ0n) is 11.2. The van der Waals surface area contributed by atoms with Crippen LogP contribution in [0, 0.1) is 5.92 Å². The van der Waals surface area contributed by atoms with Crippen LogP contribution in [0.2, 0.25) is 0 Å². The Hall–Kier alpha value is -0.840. The van der Waals surface area contributed by atoms with Gasteiger partial charge < -0.3 is 11.1 Å². The minimum Gasteiger partial charge on any atom is -0.369 e. The Morgan fingerprint density at radius 3 is 2.72 bits per heavy atom. The maximum absolute atomic E-state index is 5.54. The van der Waals surface area contributed by atoms with E-state index in [4.69, 9.17) is 5.73 Å². The van der Waals surface area contributed by atoms with E-state index in [0.29, 0.717) is 5.95 Å². The number of nitrogens with one attached hydrogen (secondary N) is 1. The lowest BCUT2D eigenvalue weighted by molar-refractivity contribution is 0.523. The van der Waals surface area contributed by atoms with Gasteiger partial charge in [-0.25, -0.2) is 4.98 Å². The molecule has 0 aliphatic heterocycles. The van der Waals surface area contributed by atoms with Crippen molar-refractivity contribution in [2.75, 3.05) is 17.6 Å². The third-order valence-electron chi connectivity index (χ3n) is 2.76. The van der Waals surface area contributed by atoms with Crippen molar-refractivity contribution < 1.29 is 0 Å². The van der Waals surface area contributed by atoms with Crippen LogP contribution < -0.4 is 11.1 Å². The average molecular weight is 315 g/mol. The maximum atomic E-state index is 5.54. The molecule has 1 aromatic rings. The van der Waals surface area contributed by atoms with Gasteiger partial charge >= 0.3 is 0 Å². The molecule has 3 N–H and O–H groups in total. The third kappa shape index (κ3) is 6.19. The first kappa shape index (κ1) is 15.2. The molecule has 0 fully saturated rings. The molecule has 0 aromatic carbocycles. The predicted molar refractivity (Wildman–Crippen MR) is 80.6 cm³/mol. The van der Waals surface area contributed by atoms with E-state index in [0.717, 1.165) is 29.2 Å². The van der Waals surface area contributed by atoms with Crippen LogP contribution in [0.1, 0.15) is 46.0 Å². The first-order valence-corrected chi connectivity index (χ1v) is 7.40. The van der Waals surface area contributed by atoms with E-state index in [2.05, 4.69) is 45.1 Å². The lowest BCUT2D eigenvalue weighted by Crippen LogP contribution is -2.06. The summed E-state index contributed by atoms with van der Waals surface area (Å²) >= 11 is 3.40. The van der Waals surface area contributed by atoms with Gasteiger partial charge in [-0.15, -0.1) is 0 Å². The van der Waals surface area contributed by atoms with Crippen LogP contribution in [0.4, 0.5) is 11.8 Å². The molecule has 0 saturated carbocycles. The molecule has 0 amide bonds. The molecule has 4 nitrogen and oxygen atoms in total. The van der Waals surface area contributed by atoms with E-state index in [1.54, 1.807) is 6.20 Å². The third-order valence-corrected chi connectivity index (χ3v) is 3.34. The predicted octanol–water partition coefficient (Wildman–Crippen LogP) is 3.84. The minimum absolute atomic E-state index is 0.303. The molecule has 0 aliphatic rings. The molecule has 5 heteroatoms. The fourth-order valence-electron chi connectivity index (χ4n) is 1.74. The van der Waals surface area contributed by atoms with Crippen LogP contribution in [0.15, 0.2) is 10.7 Å². The van der Waals surface area contributed by atoms with Gasteiger partial charge in [0.25, 0.3) is 0 Å². The summed E-state index contributed by atoms with van der Waals surface area (Å²) in [5.41, 5.74) is 5.54. The van der Waals surface area contributed by atoms with Gasteiger partial charge in [0.15, 0.2) is 0 Å². The standard InChI is InChI=1S/C13H23BrN4/c1-10(2)7-5-3-4-6-8-16-12-11(14)9-17-13(15)18-12/h9-10H,3-8H2,1-2H3,(H3,15,16,17,18). The van der Waals surface area contributed by atoms with Crippen LogP contribution in [-0.2, 0) is 0 Å². The van der Waals surface area contributed by atoms with Crippen LogP contribution in [0.25, 0.3) is 0 Å². The summed E-state index contributed by atoms with van der Waals surface area (Å²) in [7, 11) is 0. The first-order chi connectivity index (χ1) is 8.59. The molecule has 0 atom stereocenters. The van der Waals surface area contributed by atoms with Crippen molar-refractivity contribution in [3.63, 3.8) is 0 Å². The van der Waals surface area contributed by atoms with Gasteiger partial charge in [0.1, 0.15) is 5.82 Å². The summed E-state index contributed by atoms with van der Waals surface area (Å²) in [6, 6.07) is 0. The molecule has 0 radical (unpaired) electrons. The Kier molecular flexibility index (Phi) is 7.01. The van der Waals surface area contributed by atoms with Crippen molar-refractivity contribution in [2.24, 2.45) is 5.92 Å². The van der Waals surface area contributed by atoms with Gasteiger partial charge in [-0.1, -0.05) is 39.5 Å². The molecule has 0 saturated heterocycles. The summed E-state index contributed by atoms with van der Waals surface area (Å²) in [5, 5.41) is 3.28. The summed E-state index contributed by atoms with van der Waals surface area (Å²) in [6.45, 7) is 5.48. The van der Waals surface area contributed by atoms with E-state index in [9.17, 15) is 0 Å². The normalized spacial score (nSPS) is 10.9. The zero-order valence-corrected chi connectivity index (χ0v) is 12.8. The number of anilines is 2. The van der Waals surface area contributed by atoms with Crippen molar-refractivity contribution in [2.45, 2.75) is 46.0 Å². The van der Waals surface area contributed by atoms with Crippen molar-refractivity contribution in [1.29, 1.82) is 0 Å². The number of aromatic nitrogens is 2. The second-order valence-electron chi connectivity index (χ2n) is 4.95. The number of hydrogen-bond acceptors (Lipinski definition) is 4. The van der Waals surface area contributed by atoms with Gasteiger partial charge in [0.2, 0.25) is 5.95 Å². The number of unbranched alkanes of at least 4 members (excludes halogenated alkanes) is 3. The monoisotopic (exact) mass is 314 g/mol. The number of hydrogen-bond donors (Lipinski definition) is 2. The van der Waals surface area contributed by atoms with Crippen molar-refractivity contribution in [3.05, 3.63) is 10.7 Å². The molecular formula is C13H23BrN4. The Labute approximate surface area is 118 Å². The van der Waals surface area contributed by atoms with E-state index in [1.165, 1.54) is 25.7 Å². The van der Waals surface area contributed by atoms with E-state index < -0.39 is 0 Å². The molecule has 0 aliphatic carbocycles. The van der Waals surface area contributed by atoms with Crippen molar-refractivity contribution >= 4 is 27.7 Å². The molecule has 0 unspecified atom stereocenters. The average Bonchev–Trinajstić information content (AvgIpc) is 2.32. The quantitative estimate of drug-likeness (QED) is 0.715. The maximum Gasteiger partial charge on any atom is 0.221 e. The van der Waals surface area contributed by atoms with Gasteiger partial charge in [-0.2, -0.15) is 4.98 Å². The zero-order chi connectivity index (χ0) is 13.4. The van der Waals surface area contributed by atoms with Crippen LogP contribution in [0.5, 0.6) is 0 Å². The number of nitrogens with zero attached hydrogens (tertiary/aromatic N) is 2. The molecule has 1 heterocycles. The van der Waals surface area contributed by atoms with E-state index >= 15 is 0 Å². The van der Waals surface area contributed by atoms with Gasteiger partial charge in [-0.3, -0.25) is 0 Å². The van der Waals surface area contributed by atoms with Crippen LogP contribution in [0.3, 0.4) is 0 Å². The highest BCUT2D eigenvalue weighted by Crippen LogP contribution is 2.19. The summed E-state index contributed by atoms with van der Waals surface area (Å²) < 4.78 is 0.858. The molecule has 0 spiro atoms. The van der Waals surface area contributed by atoms with Gasteiger partial charge in [0, 0.05) is 12.7 Å². The molecule has 1 rings (SSSR count). The SMILES string of the molecule is CC(C)CCCCCCNc1nc(N)ncc1Br. The Balaban J connectivity index is 2.12. The Morgan fingerprint density at radius 2 is 2.00 bits per heavy atom. The van der Waals surface area contributed by atoms with Crippen LogP contribution >= 0.6 is 15.9 Å². The molecule has 18 heavy (non-hydrogen) atoms. The van der Waals surface area contributed by atoms with E-state index in [1.807, 2.05) is 0 Å². The summed E-state index contributed by atoms with van der Waals surface area (Å²) in [4.78, 5) is 8.04. The molecular weight excluding hydrogens is 292 g/mol. The van der Waals surface area contributed by atoms with Crippen LogP contribution in [-0.4, -0.2) is 16.5 Å². The Bertz CT molecular complexity index is 355. The highest BCUT2D eigenvalue weighted by atomic mass is 79.9. The summed E-state index contributed by atoms with van der Waals surface area (Å²) in [5.74, 6) is 1.91. The second-order valence-corrected chi connectivity index (χ2v) is 5.80. The second kappa shape index (κ2) is 8.29. The lowest BCUT2D eigenvalue weighted by Gasteiger charge is -2.08. The highest BCUT2D eigenvalue weighted by molar-refractivity contribution is 9.10. The highest BCUT2D eigenvalue weighted by Gasteiger charge is 2.02. The topological polar surface area (TPSA) is 63.8 Å². The minimum atomic E-state index is 0.303. The first-order valence-electron chi connectivity index (χ1n) is 6.61. The smallest absolute Gasteiger partial charge is 0.221 e. The number of rotatable bonds is 8. The number of nitrogens with two attached hydrogens (primary N) is 1. The van der Waals surface area contributed by atoms with E-state index in [-0.39, 0.29) is 0 Å². The molecule has 1 aromatic heterocycles. The lowest BCUT2D eigenvalue weighted by atomic mass is 10.0. The number of halogens is 1. The van der Waals surface area contributed by atoms with Gasteiger partial charge in [-0.05, 0) is 28.3 Å². The van der Waals surface area contributed by atoms with Gasteiger partial charge in [0.05, 0.1) is 4.47 Å². The van der Waals surface area contributed by atoms with Crippen molar-refractivity contribution in [3.8, 4) is 0 Å². The van der Waals surface area contributed by atoms with Crippen molar-refractivity contribution in [1.82, 2.24) is 9.97 Å². The molecule has 102 valence electrons. The fraction of sp³-hybridized carbons (Fsp3) is 0.692.